The minimum absolute atomic E-state index is 0.0368. The summed E-state index contributed by atoms with van der Waals surface area (Å²) >= 11 is 0. The maximum Gasteiger partial charge on any atom is 0.247 e. The normalized spacial score (nSPS) is 22.6. The molecule has 2 fully saturated rings. The zero-order valence-electron chi connectivity index (χ0n) is 20.1. The van der Waals surface area contributed by atoms with E-state index in [-0.39, 0.29) is 29.9 Å². The first-order valence-corrected chi connectivity index (χ1v) is 13.3. The van der Waals surface area contributed by atoms with Crippen molar-refractivity contribution in [1.82, 2.24) is 9.62 Å². The highest BCUT2D eigenvalue weighted by Crippen LogP contribution is 2.35. The van der Waals surface area contributed by atoms with Crippen LogP contribution < -0.4 is 10.2 Å². The van der Waals surface area contributed by atoms with Gasteiger partial charge in [-0.2, -0.15) is 4.31 Å². The molecule has 2 aromatic rings. The Morgan fingerprint density at radius 3 is 2.38 bits per heavy atom. The lowest BCUT2D eigenvalue weighted by atomic mass is 9.90. The third kappa shape index (κ3) is 4.61. The van der Waals surface area contributed by atoms with Crippen LogP contribution in [0, 0.1) is 13.8 Å². The van der Waals surface area contributed by atoms with E-state index >= 15 is 0 Å². The molecule has 0 radical (unpaired) electrons. The molecule has 1 aliphatic carbocycles. The van der Waals surface area contributed by atoms with Crippen molar-refractivity contribution in [1.29, 1.82) is 0 Å². The molecule has 1 saturated carbocycles. The number of carbonyl (C=O) groups excluding carboxylic acids is 2. The number of nitrogens with zero attached hydrogens (tertiary/aromatic N) is 2. The van der Waals surface area contributed by atoms with E-state index in [0.29, 0.717) is 5.69 Å². The monoisotopic (exact) mass is 483 g/mol. The van der Waals surface area contributed by atoms with E-state index in [1.165, 1.54) is 17.0 Å². The number of sulfonamides is 1. The van der Waals surface area contributed by atoms with E-state index in [1.807, 2.05) is 32.0 Å². The van der Waals surface area contributed by atoms with Crippen molar-refractivity contribution in [2.24, 2.45) is 0 Å². The maximum atomic E-state index is 13.8. The van der Waals surface area contributed by atoms with Crippen molar-refractivity contribution in [3.8, 4) is 0 Å². The first-order valence-electron chi connectivity index (χ1n) is 11.9. The molecule has 8 heteroatoms. The number of hydrogen-bond acceptors (Lipinski definition) is 4. The Bertz CT molecular complexity index is 1180. The Balaban J connectivity index is 1.75. The maximum absolute atomic E-state index is 13.8. The number of hydrogen-bond donors (Lipinski definition) is 1. The highest BCUT2D eigenvalue weighted by molar-refractivity contribution is 7.89. The highest BCUT2D eigenvalue weighted by Gasteiger charge is 2.51. The van der Waals surface area contributed by atoms with Gasteiger partial charge in [0.25, 0.3) is 0 Å². The summed E-state index contributed by atoms with van der Waals surface area (Å²) in [5.74, 6) is -0.734. The number of nitrogens with one attached hydrogen (secondary N) is 1. The van der Waals surface area contributed by atoms with Gasteiger partial charge in [0.15, 0.2) is 0 Å². The third-order valence-electron chi connectivity index (χ3n) is 6.95. The van der Waals surface area contributed by atoms with Gasteiger partial charge in [-0.05, 0) is 62.9 Å². The van der Waals surface area contributed by atoms with Gasteiger partial charge in [-0.15, -0.1) is 0 Å². The van der Waals surface area contributed by atoms with Crippen molar-refractivity contribution in [2.45, 2.75) is 69.4 Å². The number of anilines is 1. The molecule has 1 aliphatic heterocycles. The molecule has 0 bridgehead atoms. The Morgan fingerprint density at radius 2 is 1.71 bits per heavy atom. The second-order valence-electron chi connectivity index (χ2n) is 9.69. The number of rotatable bonds is 5. The van der Waals surface area contributed by atoms with Crippen LogP contribution in [-0.4, -0.2) is 49.2 Å². The molecule has 1 atom stereocenters. The number of aryl methyl sites for hydroxylation is 2. The van der Waals surface area contributed by atoms with Crippen LogP contribution in [0.4, 0.5) is 5.69 Å². The molecule has 182 valence electrons. The average Bonchev–Trinajstić information content (AvgIpc) is 2.82. The van der Waals surface area contributed by atoms with Crippen LogP contribution in [-0.2, 0) is 19.6 Å². The van der Waals surface area contributed by atoms with Gasteiger partial charge in [0.05, 0.1) is 11.4 Å². The van der Waals surface area contributed by atoms with Gasteiger partial charge in [0, 0.05) is 18.3 Å². The van der Waals surface area contributed by atoms with Gasteiger partial charge < -0.3 is 5.32 Å². The summed E-state index contributed by atoms with van der Waals surface area (Å²) in [7, 11) is -3.95. The molecule has 0 aromatic heterocycles. The summed E-state index contributed by atoms with van der Waals surface area (Å²) in [6.07, 6.45) is 5.04. The van der Waals surface area contributed by atoms with Gasteiger partial charge in [-0.1, -0.05) is 49.6 Å². The van der Waals surface area contributed by atoms with Crippen molar-refractivity contribution >= 4 is 27.5 Å². The third-order valence-corrected chi connectivity index (χ3v) is 8.76. The Morgan fingerprint density at radius 1 is 1.03 bits per heavy atom. The van der Waals surface area contributed by atoms with E-state index in [9.17, 15) is 18.0 Å². The standard InChI is InChI=1S/C26H33N3O4S/c1-19-14-15-20(2)23(16-19)29-24(30)17-28(34(32,33)22-12-8-5-9-13-22)18-26(29,3)25(31)27-21-10-6-4-7-11-21/h5,8-9,12-16,21H,4,6-7,10-11,17-18H2,1-3H3,(H,27,31)/t26-/m1/s1. The second kappa shape index (κ2) is 9.50. The Labute approximate surface area is 202 Å². The van der Waals surface area contributed by atoms with Gasteiger partial charge in [0.2, 0.25) is 21.8 Å². The van der Waals surface area contributed by atoms with Crippen LogP contribution in [0.1, 0.15) is 50.2 Å². The topological polar surface area (TPSA) is 86.8 Å². The van der Waals surface area contributed by atoms with Crippen LogP contribution in [0.2, 0.25) is 0 Å². The van der Waals surface area contributed by atoms with E-state index in [2.05, 4.69) is 5.32 Å². The molecule has 34 heavy (non-hydrogen) atoms. The molecule has 1 N–H and O–H groups in total. The van der Waals surface area contributed by atoms with Crippen LogP contribution in [0.15, 0.2) is 53.4 Å². The molecule has 2 amide bonds. The highest BCUT2D eigenvalue weighted by atomic mass is 32.2. The molecule has 7 nitrogen and oxygen atoms in total. The van der Waals surface area contributed by atoms with Crippen LogP contribution >= 0.6 is 0 Å². The molecular formula is C26H33N3O4S. The average molecular weight is 484 g/mol. The number of carbonyl (C=O) groups is 2. The zero-order chi connectivity index (χ0) is 24.5. The summed E-state index contributed by atoms with van der Waals surface area (Å²) in [6.45, 7) is 5.06. The van der Waals surface area contributed by atoms with Gasteiger partial charge >= 0.3 is 0 Å². The minimum atomic E-state index is -3.95. The van der Waals surface area contributed by atoms with E-state index in [1.54, 1.807) is 25.1 Å². The van der Waals surface area contributed by atoms with Gasteiger partial charge in [-0.3, -0.25) is 14.5 Å². The van der Waals surface area contributed by atoms with Gasteiger partial charge in [-0.25, -0.2) is 8.42 Å². The van der Waals surface area contributed by atoms with Crippen molar-refractivity contribution in [2.75, 3.05) is 18.0 Å². The fraction of sp³-hybridized carbons (Fsp3) is 0.462. The van der Waals surface area contributed by atoms with Crippen LogP contribution in [0.25, 0.3) is 0 Å². The minimum Gasteiger partial charge on any atom is -0.351 e. The summed E-state index contributed by atoms with van der Waals surface area (Å²) in [6, 6.07) is 13.9. The van der Waals surface area contributed by atoms with Crippen molar-refractivity contribution in [3.63, 3.8) is 0 Å². The summed E-state index contributed by atoms with van der Waals surface area (Å²) in [5.41, 5.74) is 1.06. The zero-order valence-corrected chi connectivity index (χ0v) is 20.9. The summed E-state index contributed by atoms with van der Waals surface area (Å²) < 4.78 is 28.0. The quantitative estimate of drug-likeness (QED) is 0.705. The first-order chi connectivity index (χ1) is 16.1. The number of amides is 2. The fourth-order valence-corrected chi connectivity index (χ4v) is 6.50. The smallest absolute Gasteiger partial charge is 0.247 e. The molecule has 1 heterocycles. The molecule has 1 saturated heterocycles. The lowest BCUT2D eigenvalue weighted by molar-refractivity contribution is -0.133. The molecule has 4 rings (SSSR count). The predicted molar refractivity (Wildman–Crippen MR) is 132 cm³/mol. The van der Waals surface area contributed by atoms with Crippen molar-refractivity contribution in [3.05, 3.63) is 59.7 Å². The Kier molecular flexibility index (Phi) is 6.82. The molecule has 2 aliphatic rings. The summed E-state index contributed by atoms with van der Waals surface area (Å²) in [5, 5.41) is 3.14. The lowest BCUT2D eigenvalue weighted by Gasteiger charge is -2.47. The second-order valence-corrected chi connectivity index (χ2v) is 11.6. The number of benzene rings is 2. The first kappa shape index (κ1) is 24.4. The van der Waals surface area contributed by atoms with Crippen LogP contribution in [0.3, 0.4) is 0 Å². The molecular weight excluding hydrogens is 450 g/mol. The molecule has 2 aromatic carbocycles. The van der Waals surface area contributed by atoms with Crippen molar-refractivity contribution < 1.29 is 18.0 Å². The van der Waals surface area contributed by atoms with E-state index < -0.39 is 21.5 Å². The fourth-order valence-electron chi connectivity index (χ4n) is 5.00. The van der Waals surface area contributed by atoms with Crippen LogP contribution in [0.5, 0.6) is 0 Å². The Hall–Kier alpha value is -2.71. The molecule has 0 unspecified atom stereocenters. The van der Waals surface area contributed by atoms with E-state index in [0.717, 1.165) is 47.5 Å². The number of piperazine rings is 1. The predicted octanol–water partition coefficient (Wildman–Crippen LogP) is 3.55. The summed E-state index contributed by atoms with van der Waals surface area (Å²) in [4.78, 5) is 29.0. The lowest BCUT2D eigenvalue weighted by Crippen LogP contribution is -2.71. The molecule has 0 spiro atoms. The van der Waals surface area contributed by atoms with Gasteiger partial charge in [0.1, 0.15) is 5.54 Å². The largest absolute Gasteiger partial charge is 0.351 e. The van der Waals surface area contributed by atoms with E-state index in [4.69, 9.17) is 0 Å². The SMILES string of the molecule is Cc1ccc(C)c(N2C(=O)CN(S(=O)(=O)c3ccccc3)C[C@]2(C)C(=O)NC2CCCCC2)c1.